The van der Waals surface area contributed by atoms with Gasteiger partial charge in [-0.05, 0) is 56.3 Å². The average molecular weight is 269 g/mol. The van der Waals surface area contributed by atoms with E-state index >= 15 is 0 Å². The first kappa shape index (κ1) is 12.7. The SMILES string of the molecule is CC(C)Oc1ccc2cn(-c3ccc(F)cc3)cc2c1. The molecule has 0 aliphatic carbocycles. The van der Waals surface area contributed by atoms with Crippen LogP contribution in [0, 0.1) is 5.82 Å². The molecule has 20 heavy (non-hydrogen) atoms. The maximum Gasteiger partial charge on any atom is 0.123 e. The van der Waals surface area contributed by atoms with E-state index in [2.05, 4.69) is 0 Å². The fourth-order valence-electron chi connectivity index (χ4n) is 2.23. The Morgan fingerprint density at radius 3 is 2.35 bits per heavy atom. The maximum absolute atomic E-state index is 13.0. The van der Waals surface area contributed by atoms with Gasteiger partial charge in [0.2, 0.25) is 0 Å². The van der Waals surface area contributed by atoms with Crippen molar-refractivity contribution in [3.8, 4) is 11.4 Å². The largest absolute Gasteiger partial charge is 0.491 e. The molecule has 0 aliphatic rings. The van der Waals surface area contributed by atoms with Crippen molar-refractivity contribution in [2.45, 2.75) is 20.0 Å². The van der Waals surface area contributed by atoms with Crippen LogP contribution in [0.5, 0.6) is 5.75 Å². The number of fused-ring (bicyclic) bond motifs is 1. The van der Waals surface area contributed by atoms with Gasteiger partial charge in [0.25, 0.3) is 0 Å². The third kappa shape index (κ3) is 2.52. The Labute approximate surface area is 117 Å². The second-order valence-electron chi connectivity index (χ2n) is 5.10. The molecule has 102 valence electrons. The van der Waals surface area contributed by atoms with Crippen LogP contribution in [-0.2, 0) is 0 Å². The van der Waals surface area contributed by atoms with Crippen molar-refractivity contribution in [2.75, 3.05) is 0 Å². The third-order valence-electron chi connectivity index (χ3n) is 3.11. The van der Waals surface area contributed by atoms with Crippen molar-refractivity contribution < 1.29 is 9.13 Å². The summed E-state index contributed by atoms with van der Waals surface area (Å²) in [6.45, 7) is 4.02. The van der Waals surface area contributed by atoms with E-state index in [1.54, 1.807) is 12.1 Å². The Hall–Kier alpha value is -2.29. The molecule has 2 nitrogen and oxygen atoms in total. The molecule has 3 heteroatoms. The number of hydrogen-bond donors (Lipinski definition) is 0. The molecule has 0 bridgehead atoms. The van der Waals surface area contributed by atoms with Crippen molar-refractivity contribution >= 4 is 10.8 Å². The monoisotopic (exact) mass is 269 g/mol. The molecule has 0 radical (unpaired) electrons. The topological polar surface area (TPSA) is 14.2 Å². The summed E-state index contributed by atoms with van der Waals surface area (Å²) in [5, 5.41) is 2.23. The smallest absolute Gasteiger partial charge is 0.123 e. The summed E-state index contributed by atoms with van der Waals surface area (Å²) in [7, 11) is 0. The van der Waals surface area contributed by atoms with E-state index in [-0.39, 0.29) is 11.9 Å². The number of rotatable bonds is 3. The van der Waals surface area contributed by atoms with Gasteiger partial charge in [0, 0.05) is 28.9 Å². The molecule has 0 saturated carbocycles. The number of aromatic nitrogens is 1. The van der Waals surface area contributed by atoms with Crippen LogP contribution in [0.15, 0.2) is 54.9 Å². The van der Waals surface area contributed by atoms with Crippen molar-refractivity contribution in [3.63, 3.8) is 0 Å². The van der Waals surface area contributed by atoms with Crippen LogP contribution in [0.3, 0.4) is 0 Å². The summed E-state index contributed by atoms with van der Waals surface area (Å²) in [6.07, 6.45) is 4.21. The lowest BCUT2D eigenvalue weighted by Gasteiger charge is -2.08. The van der Waals surface area contributed by atoms with Gasteiger partial charge in [-0.25, -0.2) is 4.39 Å². The Bertz CT molecular complexity index is 728. The molecule has 2 aromatic carbocycles. The molecule has 1 heterocycles. The van der Waals surface area contributed by atoms with Gasteiger partial charge in [-0.3, -0.25) is 0 Å². The standard InChI is InChI=1S/C17H16FNO/c1-12(2)20-17-8-3-13-10-19(11-14(13)9-17)16-6-4-15(18)5-7-16/h3-12H,1-2H3. The van der Waals surface area contributed by atoms with Crippen LogP contribution >= 0.6 is 0 Å². The quantitative estimate of drug-likeness (QED) is 0.680. The zero-order valence-electron chi connectivity index (χ0n) is 11.5. The molecule has 0 spiro atoms. The highest BCUT2D eigenvalue weighted by molar-refractivity contribution is 5.84. The highest BCUT2D eigenvalue weighted by Crippen LogP contribution is 2.24. The molecular formula is C17H16FNO. The summed E-state index contributed by atoms with van der Waals surface area (Å²) in [4.78, 5) is 0. The normalized spacial score (nSPS) is 11.2. The maximum atomic E-state index is 13.0. The van der Waals surface area contributed by atoms with Gasteiger partial charge in [-0.15, -0.1) is 0 Å². The van der Waals surface area contributed by atoms with E-state index in [9.17, 15) is 4.39 Å². The Kier molecular flexibility index (Phi) is 3.18. The first-order valence-corrected chi connectivity index (χ1v) is 6.66. The van der Waals surface area contributed by atoms with Crippen LogP contribution in [0.1, 0.15) is 13.8 Å². The fraction of sp³-hybridized carbons (Fsp3) is 0.176. The molecule has 0 fully saturated rings. The molecular weight excluding hydrogens is 253 g/mol. The van der Waals surface area contributed by atoms with Crippen molar-refractivity contribution in [3.05, 3.63) is 60.7 Å². The van der Waals surface area contributed by atoms with Gasteiger partial charge in [0.1, 0.15) is 11.6 Å². The van der Waals surface area contributed by atoms with Gasteiger partial charge in [0.05, 0.1) is 6.10 Å². The van der Waals surface area contributed by atoms with Crippen LogP contribution in [-0.4, -0.2) is 10.7 Å². The van der Waals surface area contributed by atoms with E-state index in [0.717, 1.165) is 22.2 Å². The number of nitrogens with zero attached hydrogens (tertiary/aromatic N) is 1. The van der Waals surface area contributed by atoms with Gasteiger partial charge >= 0.3 is 0 Å². The average Bonchev–Trinajstić information content (AvgIpc) is 2.81. The van der Waals surface area contributed by atoms with Crippen molar-refractivity contribution in [2.24, 2.45) is 0 Å². The molecule has 3 aromatic rings. The minimum Gasteiger partial charge on any atom is -0.491 e. The Morgan fingerprint density at radius 2 is 1.65 bits per heavy atom. The van der Waals surface area contributed by atoms with Gasteiger partial charge < -0.3 is 9.30 Å². The van der Waals surface area contributed by atoms with Crippen LogP contribution in [0.2, 0.25) is 0 Å². The number of halogens is 1. The molecule has 0 N–H and O–H groups in total. The van der Waals surface area contributed by atoms with Crippen molar-refractivity contribution in [1.29, 1.82) is 0 Å². The van der Waals surface area contributed by atoms with Gasteiger partial charge in [-0.1, -0.05) is 0 Å². The first-order valence-electron chi connectivity index (χ1n) is 6.66. The van der Waals surface area contributed by atoms with Crippen molar-refractivity contribution in [1.82, 2.24) is 4.57 Å². The lowest BCUT2D eigenvalue weighted by molar-refractivity contribution is 0.243. The van der Waals surface area contributed by atoms with Crippen LogP contribution < -0.4 is 4.74 Å². The minimum absolute atomic E-state index is 0.159. The molecule has 0 saturated heterocycles. The Morgan fingerprint density at radius 1 is 0.950 bits per heavy atom. The lowest BCUT2D eigenvalue weighted by atomic mass is 10.2. The van der Waals surface area contributed by atoms with Crippen LogP contribution in [0.25, 0.3) is 16.5 Å². The first-order chi connectivity index (χ1) is 9.61. The summed E-state index contributed by atoms with van der Waals surface area (Å²) >= 11 is 0. The molecule has 0 atom stereocenters. The predicted octanol–water partition coefficient (Wildman–Crippen LogP) is 4.56. The highest BCUT2D eigenvalue weighted by Gasteiger charge is 2.04. The lowest BCUT2D eigenvalue weighted by Crippen LogP contribution is -2.04. The number of hydrogen-bond acceptors (Lipinski definition) is 1. The summed E-state index contributed by atoms with van der Waals surface area (Å²) in [6, 6.07) is 12.5. The summed E-state index contributed by atoms with van der Waals surface area (Å²) < 4.78 is 20.6. The summed E-state index contributed by atoms with van der Waals surface area (Å²) in [5.41, 5.74) is 0.939. The molecule has 3 rings (SSSR count). The van der Waals surface area contributed by atoms with Crippen LogP contribution in [0.4, 0.5) is 4.39 Å². The molecule has 0 unspecified atom stereocenters. The molecule has 0 amide bonds. The summed E-state index contributed by atoms with van der Waals surface area (Å²) in [5.74, 6) is 0.641. The zero-order valence-corrected chi connectivity index (χ0v) is 11.5. The van der Waals surface area contributed by atoms with E-state index in [1.165, 1.54) is 12.1 Å². The second-order valence-corrected chi connectivity index (χ2v) is 5.10. The number of ether oxygens (including phenoxy) is 1. The predicted molar refractivity (Wildman–Crippen MR) is 79.0 cm³/mol. The number of benzene rings is 2. The van der Waals surface area contributed by atoms with Gasteiger partial charge in [0.15, 0.2) is 0 Å². The molecule has 0 aliphatic heterocycles. The third-order valence-corrected chi connectivity index (χ3v) is 3.11. The Balaban J connectivity index is 1.99. The fourth-order valence-corrected chi connectivity index (χ4v) is 2.23. The molecule has 1 aromatic heterocycles. The zero-order chi connectivity index (χ0) is 14.1. The van der Waals surface area contributed by atoms with Gasteiger partial charge in [-0.2, -0.15) is 0 Å². The second kappa shape index (κ2) is 5.00. The minimum atomic E-state index is -0.224. The van der Waals surface area contributed by atoms with E-state index in [4.69, 9.17) is 4.74 Å². The highest BCUT2D eigenvalue weighted by atomic mass is 19.1. The van der Waals surface area contributed by atoms with E-state index in [0.29, 0.717) is 0 Å². The van der Waals surface area contributed by atoms with E-state index in [1.807, 2.05) is 49.0 Å². The van der Waals surface area contributed by atoms with E-state index < -0.39 is 0 Å².